The number of nitrogens with one attached hydrogen (secondary N) is 2. The third-order valence-electron chi connectivity index (χ3n) is 8.10. The lowest BCUT2D eigenvalue weighted by molar-refractivity contribution is -0.138. The summed E-state index contributed by atoms with van der Waals surface area (Å²) < 4.78 is 0. The van der Waals surface area contributed by atoms with Crippen LogP contribution in [0.2, 0.25) is 10.0 Å². The second-order valence-corrected chi connectivity index (χ2v) is 12.0. The summed E-state index contributed by atoms with van der Waals surface area (Å²) in [6.07, 6.45) is 4.86. The van der Waals surface area contributed by atoms with Gasteiger partial charge in [0.05, 0.1) is 5.41 Å². The molecule has 1 saturated carbocycles. The van der Waals surface area contributed by atoms with E-state index in [4.69, 9.17) is 23.2 Å². The van der Waals surface area contributed by atoms with Crippen LogP contribution in [0.4, 0.5) is 0 Å². The van der Waals surface area contributed by atoms with E-state index in [1.807, 2.05) is 41.4 Å². The van der Waals surface area contributed by atoms with Crippen molar-refractivity contribution < 1.29 is 9.59 Å². The first kappa shape index (κ1) is 28.0. The van der Waals surface area contributed by atoms with Crippen LogP contribution in [-0.4, -0.2) is 90.9 Å². The molecule has 1 aliphatic heterocycles. The third-order valence-corrected chi connectivity index (χ3v) is 8.65. The molecule has 2 fully saturated rings. The van der Waals surface area contributed by atoms with Crippen molar-refractivity contribution in [2.24, 2.45) is 0 Å². The molecule has 0 spiro atoms. The van der Waals surface area contributed by atoms with Gasteiger partial charge >= 0.3 is 0 Å². The molecule has 1 saturated heterocycles. The van der Waals surface area contributed by atoms with E-state index in [2.05, 4.69) is 34.2 Å². The van der Waals surface area contributed by atoms with E-state index in [0.29, 0.717) is 42.4 Å². The first-order chi connectivity index (χ1) is 18.8. The smallest absolute Gasteiger partial charge is 0.245 e. The predicted molar refractivity (Wildman–Crippen MR) is 157 cm³/mol. The zero-order valence-corrected chi connectivity index (χ0v) is 24.2. The van der Waals surface area contributed by atoms with Gasteiger partial charge in [-0.05, 0) is 75.8 Å². The minimum Gasteiger partial charge on any atom is -0.361 e. The number of benzene rings is 2. The van der Waals surface area contributed by atoms with Crippen LogP contribution in [0.3, 0.4) is 0 Å². The summed E-state index contributed by atoms with van der Waals surface area (Å²) >= 11 is 12.6. The average Bonchev–Trinajstić information content (AvgIpc) is 3.63. The van der Waals surface area contributed by atoms with Gasteiger partial charge in [0.15, 0.2) is 0 Å². The summed E-state index contributed by atoms with van der Waals surface area (Å²) in [5, 5.41) is 5.25. The molecule has 5 rings (SSSR count). The molecule has 2 N–H and O–H groups in total. The lowest BCUT2D eigenvalue weighted by Gasteiger charge is -2.37. The number of carbonyl (C=O) groups is 2. The summed E-state index contributed by atoms with van der Waals surface area (Å²) in [5.41, 5.74) is 2.09. The van der Waals surface area contributed by atoms with Crippen molar-refractivity contribution in [2.75, 3.05) is 53.4 Å². The Balaban J connectivity index is 1.32. The van der Waals surface area contributed by atoms with Crippen LogP contribution >= 0.6 is 23.2 Å². The lowest BCUT2D eigenvalue weighted by Crippen LogP contribution is -2.56. The lowest BCUT2D eigenvalue weighted by atomic mass is 9.93. The average molecular weight is 571 g/mol. The second-order valence-electron chi connectivity index (χ2n) is 11.1. The molecule has 7 nitrogen and oxygen atoms in total. The number of aromatic nitrogens is 1. The number of piperazine rings is 1. The highest BCUT2D eigenvalue weighted by molar-refractivity contribution is 6.35. The fraction of sp³-hybridized carbons (Fsp3) is 0.467. The number of nitrogens with zero attached hydrogens (tertiary/aromatic N) is 3. The number of para-hydroxylation sites is 1. The van der Waals surface area contributed by atoms with Crippen molar-refractivity contribution in [1.82, 2.24) is 25.0 Å². The highest BCUT2D eigenvalue weighted by atomic mass is 35.5. The quantitative estimate of drug-likeness (QED) is 0.381. The number of H-pyrrole nitrogens is 1. The van der Waals surface area contributed by atoms with Gasteiger partial charge in [-0.25, -0.2) is 0 Å². The number of carbonyl (C=O) groups excluding carboxylic acids is 2. The summed E-state index contributed by atoms with van der Waals surface area (Å²) in [4.78, 5) is 37.6. The van der Waals surface area contributed by atoms with E-state index >= 15 is 0 Å². The van der Waals surface area contributed by atoms with Gasteiger partial charge < -0.3 is 20.1 Å². The first-order valence-electron chi connectivity index (χ1n) is 13.7. The van der Waals surface area contributed by atoms with Gasteiger partial charge in [0.1, 0.15) is 6.04 Å². The van der Waals surface area contributed by atoms with Crippen LogP contribution in [0.15, 0.2) is 48.7 Å². The number of halogens is 2. The Morgan fingerprint density at radius 1 is 1.08 bits per heavy atom. The maximum absolute atomic E-state index is 13.9. The molecule has 2 amide bonds. The maximum atomic E-state index is 13.9. The third kappa shape index (κ3) is 6.27. The largest absolute Gasteiger partial charge is 0.361 e. The Kier molecular flexibility index (Phi) is 8.52. The summed E-state index contributed by atoms with van der Waals surface area (Å²) in [6.45, 7) is 5.09. The molecule has 2 heterocycles. The molecule has 2 aromatic carbocycles. The van der Waals surface area contributed by atoms with Gasteiger partial charge in [-0.2, -0.15) is 0 Å². The number of rotatable bonds is 10. The van der Waals surface area contributed by atoms with Gasteiger partial charge in [-0.1, -0.05) is 47.5 Å². The van der Waals surface area contributed by atoms with Gasteiger partial charge in [-0.3, -0.25) is 14.5 Å². The van der Waals surface area contributed by atoms with Gasteiger partial charge in [0.2, 0.25) is 11.8 Å². The molecule has 1 aromatic heterocycles. The normalized spacial score (nSPS) is 17.9. The Labute approximate surface area is 240 Å². The minimum absolute atomic E-state index is 0.0282. The maximum Gasteiger partial charge on any atom is 0.245 e. The van der Waals surface area contributed by atoms with Crippen LogP contribution in [0.5, 0.6) is 0 Å². The Hall–Kier alpha value is -2.58. The molecule has 0 radical (unpaired) electrons. The van der Waals surface area contributed by atoms with Crippen LogP contribution in [-0.2, 0) is 21.4 Å². The second kappa shape index (κ2) is 11.9. The molecule has 9 heteroatoms. The molecular weight excluding hydrogens is 533 g/mol. The van der Waals surface area contributed by atoms with E-state index in [1.165, 1.54) is 0 Å². The van der Waals surface area contributed by atoms with Crippen molar-refractivity contribution in [1.29, 1.82) is 0 Å². The predicted octanol–water partition coefficient (Wildman–Crippen LogP) is 4.33. The van der Waals surface area contributed by atoms with Gasteiger partial charge in [-0.15, -0.1) is 0 Å². The van der Waals surface area contributed by atoms with E-state index in [0.717, 1.165) is 54.6 Å². The molecule has 0 bridgehead atoms. The molecule has 2 aliphatic rings. The standard InChI is InChI=1S/C30H37Cl2N5O2/c1-35(2)12-5-13-36-14-16-37(17-15-36)28(38)27(18-21-20-33-26-7-4-3-6-23(21)26)34-29(39)30(10-11-30)24-9-8-22(31)19-25(24)32/h3-4,6-9,19-20,27,33H,5,10-18H2,1-2H3,(H,34,39). The van der Waals surface area contributed by atoms with Crippen molar-refractivity contribution in [3.05, 3.63) is 69.8 Å². The monoisotopic (exact) mass is 569 g/mol. The number of aromatic amines is 1. The molecule has 1 atom stereocenters. The molecule has 208 valence electrons. The summed E-state index contributed by atoms with van der Waals surface area (Å²) in [7, 11) is 4.18. The number of hydrogen-bond acceptors (Lipinski definition) is 4. The zero-order chi connectivity index (χ0) is 27.6. The highest BCUT2D eigenvalue weighted by Crippen LogP contribution is 2.51. The molecular formula is C30H37Cl2N5O2. The Morgan fingerprint density at radius 2 is 1.82 bits per heavy atom. The Bertz CT molecular complexity index is 1330. The van der Waals surface area contributed by atoms with Crippen LogP contribution < -0.4 is 5.32 Å². The van der Waals surface area contributed by atoms with Crippen molar-refractivity contribution in [3.63, 3.8) is 0 Å². The zero-order valence-electron chi connectivity index (χ0n) is 22.7. The van der Waals surface area contributed by atoms with Crippen molar-refractivity contribution >= 4 is 45.9 Å². The number of hydrogen-bond donors (Lipinski definition) is 2. The minimum atomic E-state index is -0.717. The van der Waals surface area contributed by atoms with E-state index in [-0.39, 0.29) is 11.8 Å². The SMILES string of the molecule is CN(C)CCCN1CCN(C(=O)C(Cc2c[nH]c3ccccc23)NC(=O)C2(c3ccc(Cl)cc3Cl)CC2)CC1. The molecule has 39 heavy (non-hydrogen) atoms. The summed E-state index contributed by atoms with van der Waals surface area (Å²) in [6, 6.07) is 12.7. The van der Waals surface area contributed by atoms with Crippen LogP contribution in [0.1, 0.15) is 30.4 Å². The fourth-order valence-electron chi connectivity index (χ4n) is 5.66. The van der Waals surface area contributed by atoms with Crippen LogP contribution in [0, 0.1) is 0 Å². The van der Waals surface area contributed by atoms with Gasteiger partial charge in [0.25, 0.3) is 0 Å². The fourth-order valence-corrected chi connectivity index (χ4v) is 6.25. The van der Waals surface area contributed by atoms with Crippen molar-refractivity contribution in [3.8, 4) is 0 Å². The first-order valence-corrected chi connectivity index (χ1v) is 14.5. The topological polar surface area (TPSA) is 71.7 Å². The number of fused-ring (bicyclic) bond motifs is 1. The Morgan fingerprint density at radius 3 is 2.51 bits per heavy atom. The molecule has 1 unspecified atom stereocenters. The molecule has 1 aliphatic carbocycles. The van der Waals surface area contributed by atoms with Gasteiger partial charge in [0, 0.05) is 59.7 Å². The molecule has 3 aromatic rings. The van der Waals surface area contributed by atoms with E-state index in [9.17, 15) is 9.59 Å². The van der Waals surface area contributed by atoms with E-state index in [1.54, 1.807) is 12.1 Å². The highest BCUT2D eigenvalue weighted by Gasteiger charge is 2.53. The van der Waals surface area contributed by atoms with E-state index < -0.39 is 11.5 Å². The number of amides is 2. The van der Waals surface area contributed by atoms with Crippen molar-refractivity contribution in [2.45, 2.75) is 37.1 Å². The summed E-state index contributed by atoms with van der Waals surface area (Å²) in [5.74, 6) is -0.174. The van der Waals surface area contributed by atoms with Crippen LogP contribution in [0.25, 0.3) is 10.9 Å².